The van der Waals surface area contributed by atoms with Crippen molar-refractivity contribution in [3.63, 3.8) is 0 Å². The summed E-state index contributed by atoms with van der Waals surface area (Å²) in [5.41, 5.74) is 8.20. The van der Waals surface area contributed by atoms with Gasteiger partial charge in [0.2, 0.25) is 0 Å². The first kappa shape index (κ1) is 16.1. The van der Waals surface area contributed by atoms with Crippen LogP contribution in [0.1, 0.15) is 33.9 Å². The molecule has 2 rings (SSSR count). The van der Waals surface area contributed by atoms with E-state index in [1.165, 1.54) is 22.8 Å². The Morgan fingerprint density at radius 3 is 2.29 bits per heavy atom. The SMILES string of the molecule is Cc1cc(C)c(C(Cc2ccc(Br)cc2F)NN)c(C)c1. The molecule has 4 heteroatoms. The molecule has 0 saturated heterocycles. The van der Waals surface area contributed by atoms with Crippen LogP contribution in [0, 0.1) is 26.6 Å². The summed E-state index contributed by atoms with van der Waals surface area (Å²) < 4.78 is 14.8. The summed E-state index contributed by atoms with van der Waals surface area (Å²) in [6.45, 7) is 6.21. The molecule has 2 aromatic carbocycles. The maximum atomic E-state index is 14.0. The highest BCUT2D eigenvalue weighted by atomic mass is 79.9. The molecule has 0 aromatic heterocycles. The Hall–Kier alpha value is -1.23. The molecule has 0 fully saturated rings. The van der Waals surface area contributed by atoms with E-state index in [2.05, 4.69) is 54.3 Å². The molecule has 2 aromatic rings. The van der Waals surface area contributed by atoms with Crippen LogP contribution in [0.15, 0.2) is 34.8 Å². The Bertz CT molecular complexity index is 632. The van der Waals surface area contributed by atoms with E-state index < -0.39 is 0 Å². The molecule has 1 atom stereocenters. The zero-order valence-electron chi connectivity index (χ0n) is 12.5. The maximum absolute atomic E-state index is 14.0. The van der Waals surface area contributed by atoms with Gasteiger partial charge in [-0.2, -0.15) is 0 Å². The summed E-state index contributed by atoms with van der Waals surface area (Å²) in [5.74, 6) is 5.51. The minimum absolute atomic E-state index is 0.110. The zero-order chi connectivity index (χ0) is 15.6. The third-order valence-corrected chi connectivity index (χ3v) is 4.22. The Morgan fingerprint density at radius 2 is 1.76 bits per heavy atom. The second kappa shape index (κ2) is 6.69. The lowest BCUT2D eigenvalue weighted by Crippen LogP contribution is -2.31. The van der Waals surface area contributed by atoms with Crippen LogP contribution < -0.4 is 11.3 Å². The first-order valence-electron chi connectivity index (χ1n) is 6.90. The highest BCUT2D eigenvalue weighted by Crippen LogP contribution is 2.27. The van der Waals surface area contributed by atoms with Gasteiger partial charge in [0.15, 0.2) is 0 Å². The lowest BCUT2D eigenvalue weighted by molar-refractivity contribution is 0.525. The molecule has 0 aliphatic heterocycles. The normalized spacial score (nSPS) is 12.5. The Balaban J connectivity index is 2.37. The monoisotopic (exact) mass is 350 g/mol. The van der Waals surface area contributed by atoms with Gasteiger partial charge in [-0.25, -0.2) is 4.39 Å². The molecule has 0 saturated carbocycles. The second-order valence-corrected chi connectivity index (χ2v) is 6.39. The van der Waals surface area contributed by atoms with Crippen LogP contribution in [0.2, 0.25) is 0 Å². The largest absolute Gasteiger partial charge is 0.271 e. The number of nitrogens with two attached hydrogens (primary N) is 1. The minimum atomic E-state index is -0.216. The second-order valence-electron chi connectivity index (χ2n) is 5.47. The first-order valence-corrected chi connectivity index (χ1v) is 7.69. The lowest BCUT2D eigenvalue weighted by Gasteiger charge is -2.22. The summed E-state index contributed by atoms with van der Waals surface area (Å²) in [7, 11) is 0. The fourth-order valence-electron chi connectivity index (χ4n) is 2.89. The van der Waals surface area contributed by atoms with Crippen LogP contribution in [-0.2, 0) is 6.42 Å². The molecule has 0 heterocycles. The van der Waals surface area contributed by atoms with Crippen LogP contribution in [0.3, 0.4) is 0 Å². The molecule has 0 bridgehead atoms. The number of aryl methyl sites for hydroxylation is 3. The van der Waals surface area contributed by atoms with Gasteiger partial charge in [0, 0.05) is 4.47 Å². The van der Waals surface area contributed by atoms with Crippen molar-refractivity contribution in [1.82, 2.24) is 5.43 Å². The molecule has 1 unspecified atom stereocenters. The van der Waals surface area contributed by atoms with Gasteiger partial charge in [-0.15, -0.1) is 0 Å². The van der Waals surface area contributed by atoms with E-state index in [0.29, 0.717) is 12.0 Å². The third kappa shape index (κ3) is 3.70. The number of benzene rings is 2. The van der Waals surface area contributed by atoms with Crippen LogP contribution in [0.5, 0.6) is 0 Å². The van der Waals surface area contributed by atoms with Crippen LogP contribution in [0.4, 0.5) is 4.39 Å². The summed E-state index contributed by atoms with van der Waals surface area (Å²) in [6, 6.07) is 9.28. The smallest absolute Gasteiger partial charge is 0.127 e. The quantitative estimate of drug-likeness (QED) is 0.638. The maximum Gasteiger partial charge on any atom is 0.127 e. The standard InChI is InChI=1S/C17H20BrFN2/c1-10-6-11(2)17(12(3)7-10)16(21-20)8-13-4-5-14(18)9-15(13)19/h4-7,9,16,21H,8,20H2,1-3H3. The Morgan fingerprint density at radius 1 is 1.14 bits per heavy atom. The zero-order valence-corrected chi connectivity index (χ0v) is 14.1. The summed E-state index contributed by atoms with van der Waals surface area (Å²) >= 11 is 3.28. The van der Waals surface area contributed by atoms with Crippen molar-refractivity contribution >= 4 is 15.9 Å². The number of rotatable bonds is 4. The van der Waals surface area contributed by atoms with Gasteiger partial charge in [-0.05, 0) is 61.6 Å². The molecule has 0 aliphatic rings. The highest BCUT2D eigenvalue weighted by Gasteiger charge is 2.17. The molecular weight excluding hydrogens is 331 g/mol. The van der Waals surface area contributed by atoms with Crippen LogP contribution in [-0.4, -0.2) is 0 Å². The first-order chi connectivity index (χ1) is 9.92. The van der Waals surface area contributed by atoms with E-state index in [4.69, 9.17) is 5.84 Å². The molecule has 0 radical (unpaired) electrons. The fourth-order valence-corrected chi connectivity index (χ4v) is 3.23. The van der Waals surface area contributed by atoms with Crippen molar-refractivity contribution in [2.45, 2.75) is 33.2 Å². The van der Waals surface area contributed by atoms with Gasteiger partial charge in [-0.1, -0.05) is 39.7 Å². The number of hydrazine groups is 1. The number of nitrogens with one attached hydrogen (secondary N) is 1. The molecule has 0 amide bonds. The predicted octanol–water partition coefficient (Wildman–Crippen LogP) is 4.26. The van der Waals surface area contributed by atoms with E-state index >= 15 is 0 Å². The number of hydrogen-bond donors (Lipinski definition) is 2. The molecule has 0 spiro atoms. The summed E-state index contributed by atoms with van der Waals surface area (Å²) in [6.07, 6.45) is 0.514. The average molecular weight is 351 g/mol. The topological polar surface area (TPSA) is 38.0 Å². The summed E-state index contributed by atoms with van der Waals surface area (Å²) in [4.78, 5) is 0. The van der Waals surface area contributed by atoms with Gasteiger partial charge in [0.05, 0.1) is 6.04 Å². The Labute approximate surface area is 133 Å². The van der Waals surface area contributed by atoms with Gasteiger partial charge in [0.1, 0.15) is 5.82 Å². The molecule has 2 nitrogen and oxygen atoms in total. The predicted molar refractivity (Wildman–Crippen MR) is 88.5 cm³/mol. The summed E-state index contributed by atoms with van der Waals surface area (Å²) in [5, 5.41) is 0. The van der Waals surface area contributed by atoms with Crippen LogP contribution >= 0.6 is 15.9 Å². The average Bonchev–Trinajstić information content (AvgIpc) is 2.39. The molecule has 112 valence electrons. The lowest BCUT2D eigenvalue weighted by atomic mass is 9.90. The molecule has 3 N–H and O–H groups in total. The fraction of sp³-hybridized carbons (Fsp3) is 0.294. The van der Waals surface area contributed by atoms with Gasteiger partial charge in [-0.3, -0.25) is 11.3 Å². The van der Waals surface area contributed by atoms with Gasteiger partial charge < -0.3 is 0 Å². The number of hydrogen-bond acceptors (Lipinski definition) is 2. The van der Waals surface area contributed by atoms with E-state index in [1.54, 1.807) is 6.07 Å². The highest BCUT2D eigenvalue weighted by molar-refractivity contribution is 9.10. The minimum Gasteiger partial charge on any atom is -0.271 e. The third-order valence-electron chi connectivity index (χ3n) is 3.73. The molecular formula is C17H20BrFN2. The van der Waals surface area contributed by atoms with Gasteiger partial charge >= 0.3 is 0 Å². The molecule has 0 aliphatic carbocycles. The van der Waals surface area contributed by atoms with Crippen molar-refractivity contribution in [1.29, 1.82) is 0 Å². The van der Waals surface area contributed by atoms with Crippen molar-refractivity contribution in [2.24, 2.45) is 5.84 Å². The van der Waals surface area contributed by atoms with E-state index in [1.807, 2.05) is 6.07 Å². The Kier molecular flexibility index (Phi) is 5.14. The van der Waals surface area contributed by atoms with Crippen molar-refractivity contribution in [3.05, 3.63) is 68.4 Å². The van der Waals surface area contributed by atoms with E-state index in [9.17, 15) is 4.39 Å². The molecule has 21 heavy (non-hydrogen) atoms. The van der Waals surface area contributed by atoms with E-state index in [-0.39, 0.29) is 11.9 Å². The number of halogens is 2. The van der Waals surface area contributed by atoms with Crippen molar-refractivity contribution < 1.29 is 4.39 Å². The van der Waals surface area contributed by atoms with Crippen LogP contribution in [0.25, 0.3) is 0 Å². The van der Waals surface area contributed by atoms with E-state index in [0.717, 1.165) is 10.0 Å². The van der Waals surface area contributed by atoms with Gasteiger partial charge in [0.25, 0.3) is 0 Å². The van der Waals surface area contributed by atoms with Crippen molar-refractivity contribution in [3.8, 4) is 0 Å². The van der Waals surface area contributed by atoms with Crippen molar-refractivity contribution in [2.75, 3.05) is 0 Å².